The van der Waals surface area contributed by atoms with Gasteiger partial charge in [-0.2, -0.15) is 0 Å². The number of pyridine rings is 1. The fraction of sp³-hybridized carbons (Fsp3) is 0.455. The molecule has 1 aromatic heterocycles. The minimum atomic E-state index is -4.84. The highest BCUT2D eigenvalue weighted by atomic mass is 127. The molecule has 0 radical (unpaired) electrons. The van der Waals surface area contributed by atoms with Gasteiger partial charge < -0.3 is 9.47 Å². The van der Waals surface area contributed by atoms with Crippen LogP contribution in [0.25, 0.3) is 0 Å². The number of ether oxygens (including phenoxy) is 2. The molecule has 0 spiro atoms. The first-order valence-electron chi connectivity index (χ1n) is 5.42. The van der Waals surface area contributed by atoms with E-state index in [0.717, 1.165) is 6.07 Å². The van der Waals surface area contributed by atoms with Gasteiger partial charge in [0, 0.05) is 11.6 Å². The first-order chi connectivity index (χ1) is 9.26. The second-order valence-electron chi connectivity index (χ2n) is 3.53. The molecule has 20 heavy (non-hydrogen) atoms. The molecule has 0 bridgehead atoms. The van der Waals surface area contributed by atoms with Gasteiger partial charge in [-0.05, 0) is 29.5 Å². The van der Waals surface area contributed by atoms with Crippen LogP contribution >= 0.6 is 34.2 Å². The predicted molar refractivity (Wildman–Crippen MR) is 73.5 cm³/mol. The maximum absolute atomic E-state index is 12.3. The molecule has 0 saturated carbocycles. The van der Waals surface area contributed by atoms with Crippen molar-refractivity contribution in [1.29, 1.82) is 0 Å². The van der Waals surface area contributed by atoms with Gasteiger partial charge >= 0.3 is 12.3 Å². The molecule has 0 unspecified atom stereocenters. The van der Waals surface area contributed by atoms with Crippen LogP contribution in [0.2, 0.25) is 0 Å². The fourth-order valence-electron chi connectivity index (χ4n) is 1.42. The van der Waals surface area contributed by atoms with Gasteiger partial charge in [0.15, 0.2) is 0 Å². The number of carbonyl (C=O) groups is 1. The summed E-state index contributed by atoms with van der Waals surface area (Å²) in [5, 5.41) is 0. The highest BCUT2D eigenvalue weighted by Crippen LogP contribution is 2.30. The van der Waals surface area contributed by atoms with Crippen LogP contribution in [0.5, 0.6) is 5.75 Å². The fourth-order valence-corrected chi connectivity index (χ4v) is 2.28. The maximum atomic E-state index is 12.3. The van der Waals surface area contributed by atoms with E-state index in [9.17, 15) is 18.0 Å². The Morgan fingerprint density at radius 1 is 1.50 bits per heavy atom. The number of hydrogen-bond donors (Lipinski definition) is 0. The van der Waals surface area contributed by atoms with E-state index in [1.54, 1.807) is 29.5 Å². The quantitative estimate of drug-likeness (QED) is 0.315. The number of nitrogens with zero attached hydrogens (tertiary/aromatic N) is 1. The van der Waals surface area contributed by atoms with Gasteiger partial charge in [-0.25, -0.2) is 4.98 Å². The Morgan fingerprint density at radius 3 is 2.65 bits per heavy atom. The Morgan fingerprint density at radius 2 is 2.15 bits per heavy atom. The molecule has 0 saturated heterocycles. The molecule has 9 heteroatoms. The third-order valence-corrected chi connectivity index (χ3v) is 2.93. The van der Waals surface area contributed by atoms with Crippen molar-refractivity contribution in [3.63, 3.8) is 0 Å². The summed E-state index contributed by atoms with van der Waals surface area (Å²) in [5.41, 5.74) is 0.141. The van der Waals surface area contributed by atoms with Crippen molar-refractivity contribution in [3.05, 3.63) is 21.0 Å². The third-order valence-electron chi connectivity index (χ3n) is 2.11. The molecule has 4 nitrogen and oxygen atoms in total. The summed E-state index contributed by atoms with van der Waals surface area (Å²) in [5.74, 6) is -1.30. The Balaban J connectivity index is 3.13. The van der Waals surface area contributed by atoms with E-state index in [1.807, 2.05) is 0 Å². The molecule has 112 valence electrons. The number of alkyl halides is 4. The molecular formula is C11H10ClF3INO3. The number of halogens is 5. The molecule has 0 N–H and O–H groups in total. The maximum Gasteiger partial charge on any atom is 0.573 e. The lowest BCUT2D eigenvalue weighted by atomic mass is 10.1. The van der Waals surface area contributed by atoms with Gasteiger partial charge in [-0.1, -0.05) is 0 Å². The molecule has 0 aliphatic heterocycles. The van der Waals surface area contributed by atoms with Gasteiger partial charge in [0.2, 0.25) is 0 Å². The summed E-state index contributed by atoms with van der Waals surface area (Å²) < 4.78 is 45.9. The molecule has 0 atom stereocenters. The SMILES string of the molecule is CCOC(=O)Cc1nc(I)cc(OC(F)(F)F)c1CCl. The largest absolute Gasteiger partial charge is 0.573 e. The van der Waals surface area contributed by atoms with Crippen molar-refractivity contribution in [1.82, 2.24) is 4.98 Å². The minimum Gasteiger partial charge on any atom is -0.466 e. The zero-order valence-corrected chi connectivity index (χ0v) is 13.2. The minimum absolute atomic E-state index is 0.0254. The number of carbonyl (C=O) groups excluding carboxylic acids is 1. The van der Waals surface area contributed by atoms with Crippen LogP contribution < -0.4 is 4.74 Å². The van der Waals surface area contributed by atoms with Crippen LogP contribution in [0.3, 0.4) is 0 Å². The van der Waals surface area contributed by atoms with E-state index in [2.05, 4.69) is 9.72 Å². The van der Waals surface area contributed by atoms with Crippen LogP contribution in [0.15, 0.2) is 6.07 Å². The Bertz CT molecular complexity index is 497. The van der Waals surface area contributed by atoms with Crippen LogP contribution in [0, 0.1) is 3.70 Å². The third kappa shape index (κ3) is 5.31. The number of rotatable bonds is 5. The van der Waals surface area contributed by atoms with Crippen molar-refractivity contribution in [3.8, 4) is 5.75 Å². The van der Waals surface area contributed by atoms with Crippen molar-refractivity contribution in [2.45, 2.75) is 25.6 Å². The molecule has 0 fully saturated rings. The average Bonchev–Trinajstić information content (AvgIpc) is 2.26. The van der Waals surface area contributed by atoms with E-state index in [0.29, 0.717) is 0 Å². The Labute approximate surface area is 131 Å². The lowest BCUT2D eigenvalue weighted by Crippen LogP contribution is -2.20. The van der Waals surface area contributed by atoms with Crippen molar-refractivity contribution >= 4 is 40.2 Å². The summed E-state index contributed by atoms with van der Waals surface area (Å²) in [6.07, 6.45) is -5.10. The number of hydrogen-bond acceptors (Lipinski definition) is 4. The van der Waals surface area contributed by atoms with Crippen molar-refractivity contribution in [2.75, 3.05) is 6.61 Å². The van der Waals surface area contributed by atoms with Gasteiger partial charge in [0.05, 0.1) is 24.6 Å². The van der Waals surface area contributed by atoms with Crippen molar-refractivity contribution < 1.29 is 27.4 Å². The van der Waals surface area contributed by atoms with Crippen molar-refractivity contribution in [2.24, 2.45) is 0 Å². The van der Waals surface area contributed by atoms with E-state index in [1.165, 1.54) is 0 Å². The van der Waals surface area contributed by atoms with E-state index >= 15 is 0 Å². The van der Waals surface area contributed by atoms with Gasteiger partial charge in [0.25, 0.3) is 0 Å². The number of esters is 1. The van der Waals surface area contributed by atoms with Gasteiger partial charge in [-0.3, -0.25) is 4.79 Å². The molecule has 1 rings (SSSR count). The lowest BCUT2D eigenvalue weighted by molar-refractivity contribution is -0.274. The zero-order valence-electron chi connectivity index (χ0n) is 10.3. The Hall–Kier alpha value is -0.770. The summed E-state index contributed by atoms with van der Waals surface area (Å²) in [4.78, 5) is 15.4. The van der Waals surface area contributed by atoms with Crippen LogP contribution in [0.4, 0.5) is 13.2 Å². The first-order valence-corrected chi connectivity index (χ1v) is 7.03. The van der Waals surface area contributed by atoms with Gasteiger partial charge in [-0.15, -0.1) is 24.8 Å². The average molecular weight is 424 g/mol. The number of aromatic nitrogens is 1. The second-order valence-corrected chi connectivity index (χ2v) is 4.90. The van der Waals surface area contributed by atoms with Crippen LogP contribution in [-0.2, 0) is 21.8 Å². The first kappa shape index (κ1) is 17.3. The van der Waals surface area contributed by atoms with Crippen LogP contribution in [0.1, 0.15) is 18.2 Å². The normalized spacial score (nSPS) is 11.3. The molecule has 0 aliphatic carbocycles. The summed E-state index contributed by atoms with van der Waals surface area (Å²) >= 11 is 7.37. The summed E-state index contributed by atoms with van der Waals surface area (Å²) in [6, 6.07) is 1.11. The van der Waals surface area contributed by atoms with E-state index in [4.69, 9.17) is 16.3 Å². The second kappa shape index (κ2) is 7.30. The summed E-state index contributed by atoms with van der Waals surface area (Å²) in [6.45, 7) is 1.80. The molecule has 1 aromatic rings. The standard InChI is InChI=1S/C11H10ClF3INO3/c1-2-19-10(18)3-7-6(5-12)8(4-9(16)17-7)20-11(13,14)15/h4H,2-3,5H2,1H3. The van der Waals surface area contributed by atoms with Gasteiger partial charge in [0.1, 0.15) is 9.45 Å². The predicted octanol–water partition coefficient (Wildman–Crippen LogP) is 3.43. The molecule has 0 aliphatic rings. The lowest BCUT2D eigenvalue weighted by Gasteiger charge is -2.15. The topological polar surface area (TPSA) is 48.4 Å². The van der Waals surface area contributed by atoms with E-state index < -0.39 is 18.1 Å². The molecule has 0 aromatic carbocycles. The smallest absolute Gasteiger partial charge is 0.466 e. The highest BCUT2D eigenvalue weighted by molar-refractivity contribution is 14.1. The molecular weight excluding hydrogens is 413 g/mol. The molecule has 0 amide bonds. The zero-order chi connectivity index (χ0) is 15.3. The Kier molecular flexibility index (Phi) is 6.31. The van der Waals surface area contributed by atoms with Crippen LogP contribution in [-0.4, -0.2) is 23.9 Å². The molecule has 1 heterocycles. The summed E-state index contributed by atoms with van der Waals surface area (Å²) in [7, 11) is 0. The monoisotopic (exact) mass is 423 g/mol. The highest BCUT2D eigenvalue weighted by Gasteiger charge is 2.33. The van der Waals surface area contributed by atoms with E-state index in [-0.39, 0.29) is 33.9 Å².